The van der Waals surface area contributed by atoms with E-state index >= 15 is 0 Å². The highest BCUT2D eigenvalue weighted by Crippen LogP contribution is 2.43. The largest absolute Gasteiger partial charge is 0.472 e. The molecule has 3 N–H and O–H groups in total. The maximum absolute atomic E-state index is 12.6. The predicted molar refractivity (Wildman–Crippen MR) is 210 cm³/mol. The maximum Gasteiger partial charge on any atom is 0.472 e. The SMILES string of the molecule is CC/C=C\C/C=C\C/C=C\CCCCCCCCOCC(COP(=O)(O)OCCN)OC(=O)CCCCCCCCCCCCCCCCC. The molecular formula is C41H78NO7P. The molecule has 50 heavy (non-hydrogen) atoms. The van der Waals surface area contributed by atoms with Crippen LogP contribution in [0.1, 0.15) is 181 Å². The predicted octanol–water partition coefficient (Wildman–Crippen LogP) is 11.9. The van der Waals surface area contributed by atoms with Gasteiger partial charge in [0, 0.05) is 19.6 Å². The summed E-state index contributed by atoms with van der Waals surface area (Å²) in [5.74, 6) is -0.335. The number of carbonyl (C=O) groups excluding carboxylic acids is 1. The number of ether oxygens (including phenoxy) is 2. The Morgan fingerprint density at radius 2 is 1.12 bits per heavy atom. The van der Waals surface area contributed by atoms with Crippen LogP contribution < -0.4 is 5.73 Å². The Morgan fingerprint density at radius 3 is 1.68 bits per heavy atom. The molecule has 0 spiro atoms. The van der Waals surface area contributed by atoms with Gasteiger partial charge in [0.25, 0.3) is 0 Å². The monoisotopic (exact) mass is 728 g/mol. The van der Waals surface area contributed by atoms with Crippen molar-refractivity contribution in [1.29, 1.82) is 0 Å². The van der Waals surface area contributed by atoms with Crippen molar-refractivity contribution >= 4 is 13.8 Å². The van der Waals surface area contributed by atoms with E-state index < -0.39 is 13.9 Å². The maximum atomic E-state index is 12.6. The normalized spacial score (nSPS) is 13.9. The standard InChI is InChI=1S/C41H78NO7P/c1-3-5-7-9-11-13-15-17-19-21-23-25-27-29-31-33-36-46-38-40(39-48-50(44,45)47-37-35-42)49-41(43)34-32-30-28-26-24-22-20-18-16-14-12-10-8-6-4-2/h5,7,11,13,17,19,40H,3-4,6,8-10,12,14-16,18,20-39,42H2,1-2H3,(H,44,45)/b7-5-,13-11-,19-17-. The molecule has 0 saturated carbocycles. The lowest BCUT2D eigenvalue weighted by Gasteiger charge is -2.20. The summed E-state index contributed by atoms with van der Waals surface area (Å²) in [4.78, 5) is 22.4. The summed E-state index contributed by atoms with van der Waals surface area (Å²) < 4.78 is 33.4. The van der Waals surface area contributed by atoms with E-state index in [-0.39, 0.29) is 32.3 Å². The van der Waals surface area contributed by atoms with Gasteiger partial charge in [-0.05, 0) is 44.9 Å². The van der Waals surface area contributed by atoms with E-state index in [0.29, 0.717) is 13.0 Å². The second kappa shape index (κ2) is 38.9. The Balaban J connectivity index is 4.06. The van der Waals surface area contributed by atoms with E-state index in [4.69, 9.17) is 24.3 Å². The summed E-state index contributed by atoms with van der Waals surface area (Å²) in [7, 11) is -4.27. The third-order valence-corrected chi connectivity index (χ3v) is 9.56. The molecule has 2 atom stereocenters. The number of unbranched alkanes of at least 4 members (excludes halogenated alkanes) is 20. The zero-order chi connectivity index (χ0) is 36.6. The lowest BCUT2D eigenvalue weighted by molar-refractivity contribution is -0.154. The number of hydrogen-bond donors (Lipinski definition) is 2. The minimum Gasteiger partial charge on any atom is -0.457 e. The number of carbonyl (C=O) groups is 1. The van der Waals surface area contributed by atoms with Gasteiger partial charge in [-0.25, -0.2) is 4.57 Å². The molecule has 0 aliphatic rings. The Bertz CT molecular complexity index is 864. The van der Waals surface area contributed by atoms with E-state index in [2.05, 4.69) is 50.3 Å². The van der Waals surface area contributed by atoms with Gasteiger partial charge in [-0.2, -0.15) is 0 Å². The van der Waals surface area contributed by atoms with Crippen LogP contribution in [0.5, 0.6) is 0 Å². The first kappa shape index (κ1) is 48.7. The molecule has 0 aromatic rings. The number of rotatable bonds is 39. The Morgan fingerprint density at radius 1 is 0.620 bits per heavy atom. The molecule has 0 heterocycles. The van der Waals surface area contributed by atoms with Crippen LogP contribution in [0.3, 0.4) is 0 Å². The molecule has 8 nitrogen and oxygen atoms in total. The highest BCUT2D eigenvalue weighted by atomic mass is 31.2. The second-order valence-electron chi connectivity index (χ2n) is 13.5. The number of nitrogens with two attached hydrogens (primary N) is 1. The van der Waals surface area contributed by atoms with Crippen LogP contribution in [0.4, 0.5) is 0 Å². The van der Waals surface area contributed by atoms with Gasteiger partial charge in [-0.3, -0.25) is 13.8 Å². The average Bonchev–Trinajstić information content (AvgIpc) is 3.10. The van der Waals surface area contributed by atoms with Crippen molar-refractivity contribution in [1.82, 2.24) is 0 Å². The summed E-state index contributed by atoms with van der Waals surface area (Å²) in [5, 5.41) is 0. The van der Waals surface area contributed by atoms with Gasteiger partial charge >= 0.3 is 13.8 Å². The first-order chi connectivity index (χ1) is 24.4. The van der Waals surface area contributed by atoms with Crippen molar-refractivity contribution in [3.63, 3.8) is 0 Å². The summed E-state index contributed by atoms with van der Waals surface area (Å²) in [5.41, 5.74) is 5.36. The molecule has 0 saturated heterocycles. The summed E-state index contributed by atoms with van der Waals surface area (Å²) in [6, 6.07) is 0. The van der Waals surface area contributed by atoms with Gasteiger partial charge in [0.15, 0.2) is 0 Å². The van der Waals surface area contributed by atoms with Crippen molar-refractivity contribution in [2.24, 2.45) is 5.73 Å². The smallest absolute Gasteiger partial charge is 0.457 e. The van der Waals surface area contributed by atoms with Gasteiger partial charge < -0.3 is 20.1 Å². The average molecular weight is 728 g/mol. The highest BCUT2D eigenvalue weighted by molar-refractivity contribution is 7.47. The van der Waals surface area contributed by atoms with Crippen molar-refractivity contribution in [2.45, 2.75) is 187 Å². The van der Waals surface area contributed by atoms with Gasteiger partial charge in [-0.15, -0.1) is 0 Å². The topological polar surface area (TPSA) is 117 Å². The van der Waals surface area contributed by atoms with Crippen LogP contribution in [0.25, 0.3) is 0 Å². The first-order valence-corrected chi connectivity index (χ1v) is 22.0. The minimum atomic E-state index is -4.27. The van der Waals surface area contributed by atoms with E-state index in [9.17, 15) is 14.3 Å². The summed E-state index contributed by atoms with van der Waals surface area (Å²) in [6.45, 7) is 4.79. The Labute approximate surface area is 308 Å². The van der Waals surface area contributed by atoms with Crippen LogP contribution in [-0.4, -0.2) is 49.9 Å². The van der Waals surface area contributed by atoms with Gasteiger partial charge in [0.05, 0.1) is 19.8 Å². The minimum absolute atomic E-state index is 0.0976. The third kappa shape index (κ3) is 38.0. The molecule has 294 valence electrons. The Hall–Kier alpha value is -1.28. The molecule has 0 aliphatic carbocycles. The van der Waals surface area contributed by atoms with Crippen molar-refractivity contribution in [2.75, 3.05) is 33.0 Å². The summed E-state index contributed by atoms with van der Waals surface area (Å²) in [6.07, 6.45) is 43.0. The molecular weight excluding hydrogens is 649 g/mol. The lowest BCUT2D eigenvalue weighted by atomic mass is 10.0. The molecule has 0 aromatic carbocycles. The zero-order valence-electron chi connectivity index (χ0n) is 32.4. The highest BCUT2D eigenvalue weighted by Gasteiger charge is 2.25. The quantitative estimate of drug-likeness (QED) is 0.0278. The van der Waals surface area contributed by atoms with Crippen LogP contribution in [0.2, 0.25) is 0 Å². The lowest BCUT2D eigenvalue weighted by Crippen LogP contribution is -2.28. The van der Waals surface area contributed by atoms with E-state index in [0.717, 1.165) is 64.2 Å². The van der Waals surface area contributed by atoms with Crippen molar-refractivity contribution in [3.8, 4) is 0 Å². The van der Waals surface area contributed by atoms with Crippen molar-refractivity contribution < 1.29 is 32.8 Å². The molecule has 0 rings (SSSR count). The molecule has 9 heteroatoms. The second-order valence-corrected chi connectivity index (χ2v) is 14.9. The van der Waals surface area contributed by atoms with Crippen LogP contribution in [-0.2, 0) is 27.9 Å². The van der Waals surface area contributed by atoms with Crippen molar-refractivity contribution in [3.05, 3.63) is 36.5 Å². The molecule has 0 radical (unpaired) electrons. The molecule has 0 fully saturated rings. The fraction of sp³-hybridized carbons (Fsp3) is 0.829. The fourth-order valence-corrected chi connectivity index (χ4v) is 6.36. The van der Waals surface area contributed by atoms with Gasteiger partial charge in [-0.1, -0.05) is 166 Å². The summed E-state index contributed by atoms with van der Waals surface area (Å²) >= 11 is 0. The molecule has 2 unspecified atom stereocenters. The van der Waals surface area contributed by atoms with E-state index in [1.165, 1.54) is 96.3 Å². The molecule has 0 aliphatic heterocycles. The third-order valence-electron chi connectivity index (χ3n) is 8.57. The number of hydrogen-bond acceptors (Lipinski definition) is 7. The number of phosphoric acid groups is 1. The molecule has 0 bridgehead atoms. The fourth-order valence-electron chi connectivity index (χ4n) is 5.60. The van der Waals surface area contributed by atoms with Gasteiger partial charge in [0.1, 0.15) is 6.10 Å². The Kier molecular flexibility index (Phi) is 37.9. The van der Waals surface area contributed by atoms with E-state index in [1.807, 2.05) is 0 Å². The number of phosphoric ester groups is 1. The zero-order valence-corrected chi connectivity index (χ0v) is 33.3. The van der Waals surface area contributed by atoms with Crippen LogP contribution in [0, 0.1) is 0 Å². The van der Waals surface area contributed by atoms with E-state index in [1.54, 1.807) is 0 Å². The first-order valence-electron chi connectivity index (χ1n) is 20.5. The molecule has 0 aromatic heterocycles. The molecule has 0 amide bonds. The number of esters is 1. The number of allylic oxidation sites excluding steroid dienone is 6. The van der Waals surface area contributed by atoms with Crippen LogP contribution >= 0.6 is 7.82 Å². The van der Waals surface area contributed by atoms with Crippen LogP contribution in [0.15, 0.2) is 36.5 Å². The van der Waals surface area contributed by atoms with Gasteiger partial charge in [0.2, 0.25) is 0 Å².